The summed E-state index contributed by atoms with van der Waals surface area (Å²) in [6.07, 6.45) is 1.62. The monoisotopic (exact) mass is 282 g/mol. The van der Waals surface area contributed by atoms with Crippen molar-refractivity contribution in [1.29, 1.82) is 0 Å². The molecule has 0 spiro atoms. The lowest BCUT2D eigenvalue weighted by molar-refractivity contribution is 0.132. The van der Waals surface area contributed by atoms with Gasteiger partial charge in [0.25, 0.3) is 0 Å². The van der Waals surface area contributed by atoms with Gasteiger partial charge >= 0.3 is 0 Å². The molecule has 1 rings (SSSR count). The summed E-state index contributed by atoms with van der Waals surface area (Å²) in [5.41, 5.74) is 6.39. The van der Waals surface area contributed by atoms with Crippen LogP contribution in [0.2, 0.25) is 0 Å². The van der Waals surface area contributed by atoms with Gasteiger partial charge in [-0.25, -0.2) is 4.98 Å². The third-order valence-electron chi connectivity index (χ3n) is 2.55. The molecule has 0 amide bonds. The summed E-state index contributed by atoms with van der Waals surface area (Å²) in [4.78, 5) is 8.08. The van der Waals surface area contributed by atoms with E-state index < -0.39 is 6.10 Å². The van der Waals surface area contributed by atoms with Crippen LogP contribution in [0, 0.1) is 5.41 Å². The molecule has 1 unspecified atom stereocenters. The van der Waals surface area contributed by atoms with Crippen molar-refractivity contribution in [3.63, 3.8) is 0 Å². The number of nitrogens with two attached hydrogens (primary N) is 1. The van der Waals surface area contributed by atoms with Crippen molar-refractivity contribution in [3.05, 3.63) is 6.33 Å². The fourth-order valence-corrected chi connectivity index (χ4v) is 1.83. The Bertz CT molecular complexity index is 430. The van der Waals surface area contributed by atoms with Crippen molar-refractivity contribution in [3.8, 4) is 5.88 Å². The van der Waals surface area contributed by atoms with Crippen LogP contribution in [0.1, 0.15) is 41.0 Å². The maximum Gasteiger partial charge on any atom is 0.242 e. The lowest BCUT2D eigenvalue weighted by atomic mass is 9.89. The molecule has 0 bridgehead atoms. The highest BCUT2D eigenvalue weighted by molar-refractivity contribution is 5.66. The Labute approximate surface area is 120 Å². The second-order valence-electron chi connectivity index (χ2n) is 6.41. The Morgan fingerprint density at radius 2 is 2.00 bits per heavy atom. The molecule has 0 radical (unpaired) electrons. The Morgan fingerprint density at radius 3 is 2.55 bits per heavy atom. The number of rotatable bonds is 6. The third kappa shape index (κ3) is 5.61. The molecule has 1 atom stereocenters. The van der Waals surface area contributed by atoms with Crippen LogP contribution in [0.3, 0.4) is 0 Å². The summed E-state index contributed by atoms with van der Waals surface area (Å²) in [6, 6.07) is 0. The Hall–Kier alpha value is -1.56. The van der Waals surface area contributed by atoms with Gasteiger partial charge in [-0.2, -0.15) is 4.98 Å². The number of aliphatic hydroxyl groups is 1. The van der Waals surface area contributed by atoms with Crippen LogP contribution >= 0.6 is 0 Å². The fraction of sp³-hybridized carbons (Fsp3) is 0.714. The molecule has 0 aliphatic rings. The first-order valence-corrected chi connectivity index (χ1v) is 6.88. The minimum Gasteiger partial charge on any atom is -0.473 e. The van der Waals surface area contributed by atoms with Crippen molar-refractivity contribution >= 4 is 11.5 Å². The van der Waals surface area contributed by atoms with Crippen LogP contribution in [0.15, 0.2) is 6.33 Å². The Morgan fingerprint density at radius 1 is 1.35 bits per heavy atom. The van der Waals surface area contributed by atoms with Gasteiger partial charge in [-0.15, -0.1) is 0 Å². The first-order valence-electron chi connectivity index (χ1n) is 6.88. The predicted octanol–water partition coefficient (Wildman–Crippen LogP) is 2.05. The van der Waals surface area contributed by atoms with E-state index in [0.717, 1.165) is 0 Å². The molecular formula is C14H26N4O2. The smallest absolute Gasteiger partial charge is 0.242 e. The van der Waals surface area contributed by atoms with Gasteiger partial charge in [-0.05, 0) is 25.7 Å². The van der Waals surface area contributed by atoms with E-state index in [1.807, 2.05) is 13.8 Å². The molecule has 6 heteroatoms. The van der Waals surface area contributed by atoms with Gasteiger partial charge in [0.05, 0.1) is 12.2 Å². The van der Waals surface area contributed by atoms with Crippen LogP contribution in [-0.4, -0.2) is 33.8 Å². The molecule has 0 saturated carbocycles. The molecule has 6 nitrogen and oxygen atoms in total. The Balaban J connectivity index is 2.64. The van der Waals surface area contributed by atoms with Crippen molar-refractivity contribution < 1.29 is 9.84 Å². The van der Waals surface area contributed by atoms with Gasteiger partial charge in [-0.3, -0.25) is 0 Å². The number of nitrogen functional groups attached to an aromatic ring is 1. The lowest BCUT2D eigenvalue weighted by Crippen LogP contribution is -2.25. The first-order chi connectivity index (χ1) is 9.19. The summed E-state index contributed by atoms with van der Waals surface area (Å²) in [6.45, 7) is 10.5. The Kier molecular flexibility index (Phi) is 5.56. The lowest BCUT2D eigenvalue weighted by Gasteiger charge is -2.23. The number of hydrogen-bond acceptors (Lipinski definition) is 6. The van der Waals surface area contributed by atoms with E-state index in [-0.39, 0.29) is 11.5 Å². The average molecular weight is 282 g/mol. The quantitative estimate of drug-likeness (QED) is 0.739. The number of hydrogen-bond donors (Lipinski definition) is 3. The van der Waals surface area contributed by atoms with E-state index in [1.165, 1.54) is 6.33 Å². The average Bonchev–Trinajstić information content (AvgIpc) is 2.27. The molecule has 114 valence electrons. The zero-order valence-corrected chi connectivity index (χ0v) is 13.0. The maximum atomic E-state index is 9.97. The number of nitrogens with one attached hydrogen (secondary N) is 1. The van der Waals surface area contributed by atoms with Gasteiger partial charge in [0.2, 0.25) is 5.88 Å². The number of ether oxygens (including phenoxy) is 1. The van der Waals surface area contributed by atoms with E-state index in [0.29, 0.717) is 30.4 Å². The fourth-order valence-electron chi connectivity index (χ4n) is 1.83. The molecule has 20 heavy (non-hydrogen) atoms. The molecular weight excluding hydrogens is 256 g/mol. The van der Waals surface area contributed by atoms with E-state index >= 15 is 0 Å². The minimum absolute atomic E-state index is 0.00784. The molecule has 0 aliphatic heterocycles. The highest BCUT2D eigenvalue weighted by Crippen LogP contribution is 2.26. The zero-order valence-electron chi connectivity index (χ0n) is 13.0. The number of aliphatic hydroxyl groups excluding tert-OH is 1. The molecule has 1 aromatic rings. The topological polar surface area (TPSA) is 93.3 Å². The van der Waals surface area contributed by atoms with Gasteiger partial charge in [0, 0.05) is 6.54 Å². The first kappa shape index (κ1) is 16.5. The van der Waals surface area contributed by atoms with Gasteiger partial charge in [-0.1, -0.05) is 20.8 Å². The number of aromatic nitrogens is 2. The zero-order chi connectivity index (χ0) is 15.3. The van der Waals surface area contributed by atoms with Crippen LogP contribution in [0.4, 0.5) is 11.5 Å². The van der Waals surface area contributed by atoms with Gasteiger partial charge in [0.15, 0.2) is 5.82 Å². The summed E-state index contributed by atoms with van der Waals surface area (Å²) in [5.74, 6) is 0.853. The summed E-state index contributed by atoms with van der Waals surface area (Å²) in [7, 11) is 0. The molecule has 1 heterocycles. The SMILES string of the molecule is CC(C)Oc1ncnc(NCC(O)CC(C)(C)C)c1N. The summed E-state index contributed by atoms with van der Waals surface area (Å²) in [5, 5.41) is 13.0. The molecule has 0 fully saturated rings. The second-order valence-corrected chi connectivity index (χ2v) is 6.41. The molecule has 0 aromatic carbocycles. The van der Waals surface area contributed by atoms with Crippen molar-refractivity contribution in [1.82, 2.24) is 9.97 Å². The van der Waals surface area contributed by atoms with Crippen LogP contribution < -0.4 is 15.8 Å². The minimum atomic E-state index is -0.459. The standard InChI is InChI=1S/C14H26N4O2/c1-9(2)20-13-11(15)12(17-8-18-13)16-7-10(19)6-14(3,4)5/h8-10,19H,6-7,15H2,1-5H3,(H,16,17,18). The van der Waals surface area contributed by atoms with Crippen molar-refractivity contribution in [2.75, 3.05) is 17.6 Å². The molecule has 4 N–H and O–H groups in total. The van der Waals surface area contributed by atoms with Crippen LogP contribution in [0.5, 0.6) is 5.88 Å². The number of nitrogens with zero attached hydrogens (tertiary/aromatic N) is 2. The predicted molar refractivity (Wildman–Crippen MR) is 80.8 cm³/mol. The van der Waals surface area contributed by atoms with E-state index in [2.05, 4.69) is 36.1 Å². The van der Waals surface area contributed by atoms with E-state index in [1.54, 1.807) is 0 Å². The largest absolute Gasteiger partial charge is 0.473 e. The third-order valence-corrected chi connectivity index (χ3v) is 2.55. The van der Waals surface area contributed by atoms with Crippen molar-refractivity contribution in [2.24, 2.45) is 5.41 Å². The highest BCUT2D eigenvalue weighted by atomic mass is 16.5. The van der Waals surface area contributed by atoms with Gasteiger partial charge < -0.3 is 20.9 Å². The molecule has 0 saturated heterocycles. The van der Waals surface area contributed by atoms with Gasteiger partial charge in [0.1, 0.15) is 12.0 Å². The summed E-state index contributed by atoms with van der Waals surface area (Å²) >= 11 is 0. The number of anilines is 2. The van der Waals surface area contributed by atoms with Crippen molar-refractivity contribution in [2.45, 2.75) is 53.2 Å². The van der Waals surface area contributed by atoms with Crippen LogP contribution in [0.25, 0.3) is 0 Å². The molecule has 0 aliphatic carbocycles. The highest BCUT2D eigenvalue weighted by Gasteiger charge is 2.17. The van der Waals surface area contributed by atoms with E-state index in [9.17, 15) is 5.11 Å². The maximum absolute atomic E-state index is 9.97. The van der Waals surface area contributed by atoms with E-state index in [4.69, 9.17) is 10.5 Å². The second kappa shape index (κ2) is 6.74. The molecule has 1 aromatic heterocycles. The summed E-state index contributed by atoms with van der Waals surface area (Å²) < 4.78 is 5.49. The van der Waals surface area contributed by atoms with Crippen LogP contribution in [-0.2, 0) is 0 Å². The normalized spacial score (nSPS) is 13.3.